The van der Waals surface area contributed by atoms with E-state index in [1.807, 2.05) is 45.9 Å². The molecule has 0 spiro atoms. The van der Waals surface area contributed by atoms with Crippen LogP contribution in [0.2, 0.25) is 50.9 Å². The van der Waals surface area contributed by atoms with Gasteiger partial charge >= 0.3 is 0 Å². The highest BCUT2D eigenvalue weighted by atomic mass is 28.3. The molecule has 0 amide bonds. The molecule has 0 N–H and O–H groups in total. The van der Waals surface area contributed by atoms with Crippen molar-refractivity contribution in [1.82, 2.24) is 0 Å². The van der Waals surface area contributed by atoms with Crippen molar-refractivity contribution in [2.45, 2.75) is 446 Å². The second-order valence-corrected chi connectivity index (χ2v) is 45.0. The number of benzene rings is 2. The fourth-order valence-electron chi connectivity index (χ4n) is 2.46. The Morgan fingerprint density at radius 3 is 0.528 bits per heavy atom. The van der Waals surface area contributed by atoms with Crippen LogP contribution in [0.15, 0.2) is 54.6 Å². The van der Waals surface area contributed by atoms with Crippen molar-refractivity contribution in [2.75, 3.05) is 0 Å². The Balaban J connectivity index is -0.0000000508. The van der Waals surface area contributed by atoms with Gasteiger partial charge in [-0.25, -0.2) is 0 Å². The predicted molar refractivity (Wildman–Crippen MR) is 448 cm³/mol. The van der Waals surface area contributed by atoms with Crippen LogP contribution in [0.5, 0.6) is 0 Å². The molecule has 0 atom stereocenters. The fraction of sp³-hybridized carbons (Fsp3) is 0.862. The molecule has 0 aliphatic heterocycles. The van der Waals surface area contributed by atoms with E-state index in [-0.39, 0.29) is 0 Å². The zero-order valence-electron chi connectivity index (χ0n) is 74.1. The first-order valence-corrected chi connectivity index (χ1v) is 45.2. The highest BCUT2D eigenvalue weighted by Gasteiger charge is 2.18. The zero-order valence-corrected chi connectivity index (χ0v) is 76.1. The Hall–Kier alpha value is -1.13. The van der Waals surface area contributed by atoms with E-state index in [1.165, 1.54) is 112 Å². The van der Waals surface area contributed by atoms with E-state index in [0.717, 1.165) is 23.7 Å². The summed E-state index contributed by atoms with van der Waals surface area (Å²) >= 11 is 0. The highest BCUT2D eigenvalue weighted by molar-refractivity contribution is 6.78. The summed E-state index contributed by atoms with van der Waals surface area (Å²) in [5, 5.41) is 0. The van der Waals surface area contributed by atoms with Crippen molar-refractivity contribution in [2.24, 2.45) is 50.7 Å². The lowest BCUT2D eigenvalue weighted by Crippen LogP contribution is -2.25. The number of aryl methyl sites for hydroxylation is 3. The van der Waals surface area contributed by atoms with Gasteiger partial charge in [0.05, 0.1) is 0 Å². The molecule has 552 valence electrons. The van der Waals surface area contributed by atoms with Gasteiger partial charge in [0.15, 0.2) is 0 Å². The minimum absolute atomic E-state index is 0.500. The van der Waals surface area contributed by atoms with Gasteiger partial charge in [-0.2, -0.15) is 0 Å². The molecule has 2 aromatic rings. The molecule has 2 rings (SSSR count). The summed E-state index contributed by atoms with van der Waals surface area (Å²) in [5.41, 5.74) is 6.69. The first kappa shape index (κ1) is 125. The van der Waals surface area contributed by atoms with Crippen LogP contribution in [-0.4, -0.2) is 16.1 Å². The third-order valence-electron chi connectivity index (χ3n) is 13.3. The Morgan fingerprint density at radius 1 is 0.326 bits per heavy atom. The molecule has 0 nitrogen and oxygen atoms in total. The summed E-state index contributed by atoms with van der Waals surface area (Å²) < 4.78 is 0. The van der Waals surface area contributed by atoms with Crippen LogP contribution in [0.3, 0.4) is 0 Å². The minimum atomic E-state index is -0.671. The first-order chi connectivity index (χ1) is 40.1. The van der Waals surface area contributed by atoms with E-state index < -0.39 is 16.1 Å². The van der Waals surface area contributed by atoms with Gasteiger partial charge in [0.2, 0.25) is 0 Å². The van der Waals surface area contributed by atoms with Crippen molar-refractivity contribution in [1.29, 1.82) is 0 Å². The van der Waals surface area contributed by atoms with Crippen LogP contribution < -0.4 is 0 Å². The summed E-state index contributed by atoms with van der Waals surface area (Å²) in [7, 11) is -1.28. The van der Waals surface area contributed by atoms with Gasteiger partial charge in [0.1, 0.15) is 0 Å². The summed E-state index contributed by atoms with van der Waals surface area (Å²) in [6.07, 6.45) is 15.6. The van der Waals surface area contributed by atoms with Crippen LogP contribution in [0.4, 0.5) is 0 Å². The monoisotopic (exact) mass is 1300 g/mol. The van der Waals surface area contributed by atoms with Crippen molar-refractivity contribution >= 4 is 16.1 Å². The van der Waals surface area contributed by atoms with Gasteiger partial charge < -0.3 is 0 Å². The predicted octanol–water partition coefficient (Wildman–Crippen LogP) is 35.1. The maximum Gasteiger partial charge on any atom is 0.0496 e. The molecule has 0 saturated carbocycles. The second kappa shape index (κ2) is 86.9. The second-order valence-electron chi connectivity index (χ2n) is 33.3. The molecule has 0 aliphatic carbocycles. The van der Waals surface area contributed by atoms with E-state index in [4.69, 9.17) is 0 Å². The molecular formula is C87H196Si2. The van der Waals surface area contributed by atoms with E-state index in [9.17, 15) is 0 Å². The lowest BCUT2D eigenvalue weighted by atomic mass is 9.88. The van der Waals surface area contributed by atoms with Crippen LogP contribution in [0, 0.1) is 71.5 Å². The van der Waals surface area contributed by atoms with E-state index in [1.54, 1.807) is 0 Å². The van der Waals surface area contributed by atoms with Gasteiger partial charge in [-0.05, 0) is 71.5 Å². The average Bonchev–Trinajstić information content (AvgIpc) is 3.44. The molecule has 0 aromatic heterocycles. The quantitative estimate of drug-likeness (QED) is 0.208. The van der Waals surface area contributed by atoms with Gasteiger partial charge in [-0.1, -0.05) is 497 Å². The third-order valence-corrected chi connectivity index (χ3v) is 18.5. The van der Waals surface area contributed by atoms with Crippen molar-refractivity contribution in [3.8, 4) is 0 Å². The van der Waals surface area contributed by atoms with Gasteiger partial charge in [-0.15, -0.1) is 0 Å². The number of hydrogen-bond acceptors (Lipinski definition) is 0. The normalized spacial score (nSPS) is 10.1. The molecule has 0 radical (unpaired) electrons. The van der Waals surface area contributed by atoms with Gasteiger partial charge in [-0.3, -0.25) is 0 Å². The largest absolute Gasteiger partial charge is 0.0697 e. The number of rotatable bonds is 10. The molecule has 0 aliphatic rings. The Labute approximate surface area is 581 Å². The lowest BCUT2D eigenvalue weighted by Gasteiger charge is -2.20. The number of unbranched alkanes of at least 4 members (excludes halogenated alkanes) is 1. The molecular weight excluding hydrogens is 1100 g/mol. The molecule has 0 fully saturated rings. The Bertz CT molecular complexity index is 1260. The third kappa shape index (κ3) is 252. The molecule has 89 heavy (non-hydrogen) atoms. The molecule has 0 unspecified atom stereocenters. The average molecular weight is 1300 g/mol. The van der Waals surface area contributed by atoms with Crippen LogP contribution in [-0.2, 0) is 0 Å². The SMILES string of the molecule is CC.CC.CC(C)(C)C.CC(C)C.CCC.CCC(C)(C)C.CCC(C)(C)C.CCC(C)(C)C.CCC(C)(C)CC.CCC(C)C.CCC(C)C.CCC(C)CC.CCCC.CC[Si](C)(CC)CC.C[Si](C)(C)C.Cc1ccc(C)cc1.Cc1ccccc1. The maximum atomic E-state index is 2.49. The lowest BCUT2D eigenvalue weighted by molar-refractivity contribution is 0.338. The Morgan fingerprint density at radius 2 is 0.483 bits per heavy atom. The molecule has 0 saturated heterocycles. The fourth-order valence-corrected chi connectivity index (χ4v) is 3.96. The van der Waals surface area contributed by atoms with Crippen molar-refractivity contribution in [3.63, 3.8) is 0 Å². The van der Waals surface area contributed by atoms with Gasteiger partial charge in [0.25, 0.3) is 0 Å². The van der Waals surface area contributed by atoms with Crippen molar-refractivity contribution < 1.29 is 0 Å². The first-order valence-electron chi connectivity index (χ1n) is 38.1. The highest BCUT2D eigenvalue weighted by Crippen LogP contribution is 2.23. The molecule has 0 heterocycles. The minimum Gasteiger partial charge on any atom is -0.0697 e. The molecule has 2 heteroatoms. The molecule has 2 aromatic carbocycles. The van der Waals surface area contributed by atoms with E-state index >= 15 is 0 Å². The summed E-state index contributed by atoms with van der Waals surface area (Å²) in [5.74, 6) is 3.54. The summed E-state index contributed by atoms with van der Waals surface area (Å²) in [6, 6.07) is 23.1. The number of hydrogen-bond donors (Lipinski definition) is 0. The van der Waals surface area contributed by atoms with Crippen LogP contribution in [0.1, 0.15) is 391 Å². The topological polar surface area (TPSA) is 0 Å². The van der Waals surface area contributed by atoms with Crippen LogP contribution in [0.25, 0.3) is 0 Å². The molecule has 0 bridgehead atoms. The standard InChI is InChI=1S/C8H10.C7H18Si.C7H8.C7H16.4C6H14.3C5H12.C4H12Si.2C4H10.C3H8.2C2H6/c1-7-3-5-8(2)6-4-7;1-5-8(4,6-2)7-3;1-7-5-3-2-4-6-7;1-5-7(3,4)6-2;3*1-5-6(2,3)4;1-4-6(3)5-2;1-5(2,3)4;2*1-4-5(2)3;1-5(2,3)4;1-4(2)3;1-3-4-2;1-3-2;2*1-2/h3-6H,1-2H3;5-7H2,1-4H3;2-6H,1H3;5-6H2,1-4H3;3*5H2,1-4H3;6H,4-5H2,1-3H3;1-4H3;2*5H,4H2,1-3H3;1-4H3;4H,1-3H3;3-4H2,1-2H3;3H2,1-2H3;2*1-2H3. The van der Waals surface area contributed by atoms with Gasteiger partial charge in [0, 0.05) is 16.1 Å². The van der Waals surface area contributed by atoms with Crippen molar-refractivity contribution in [3.05, 3.63) is 71.3 Å². The zero-order chi connectivity index (χ0) is 75.5. The summed E-state index contributed by atoms with van der Waals surface area (Å²) in [4.78, 5) is 0. The maximum absolute atomic E-state index is 2.49. The Kier molecular flexibility index (Phi) is 122. The summed E-state index contributed by atoms with van der Waals surface area (Å²) in [6.45, 7) is 113. The van der Waals surface area contributed by atoms with E-state index in [2.05, 4.69) is 360 Å². The van der Waals surface area contributed by atoms with E-state index in [0.29, 0.717) is 27.1 Å². The van der Waals surface area contributed by atoms with Crippen LogP contribution >= 0.6 is 0 Å². The smallest absolute Gasteiger partial charge is 0.0496 e.